The normalized spacial score (nSPS) is 11.1. The lowest BCUT2D eigenvalue weighted by Crippen LogP contribution is -2.10. The summed E-state index contributed by atoms with van der Waals surface area (Å²) in [6.45, 7) is 3.82. The van der Waals surface area contributed by atoms with Crippen LogP contribution in [0.4, 0.5) is 0 Å². The fraction of sp³-hybridized carbons (Fsp3) is 0.0741. The zero-order valence-corrected chi connectivity index (χ0v) is 18.0. The number of carbonyl (C=O) groups excluding carboxylic acids is 1. The lowest BCUT2D eigenvalue weighted by atomic mass is 10.1. The molecule has 0 N–H and O–H groups in total. The van der Waals surface area contributed by atoms with Crippen LogP contribution in [0.5, 0.6) is 17.2 Å². The second-order valence-electron chi connectivity index (χ2n) is 7.43. The summed E-state index contributed by atoms with van der Waals surface area (Å²) in [5.41, 5.74) is 2.32. The Morgan fingerprint density at radius 3 is 2.55 bits per heavy atom. The van der Waals surface area contributed by atoms with Gasteiger partial charge in [-0.05, 0) is 54.8 Å². The van der Waals surface area contributed by atoms with Crippen LogP contribution in [0.25, 0.3) is 17.0 Å². The van der Waals surface area contributed by atoms with Gasteiger partial charge in [-0.1, -0.05) is 42.5 Å². The molecule has 1 aromatic heterocycles. The van der Waals surface area contributed by atoms with Gasteiger partial charge in [0, 0.05) is 6.07 Å². The molecule has 0 aliphatic rings. The molecule has 1 heterocycles. The van der Waals surface area contributed by atoms with Crippen molar-refractivity contribution in [3.8, 4) is 23.3 Å². The molecule has 0 aliphatic heterocycles. The van der Waals surface area contributed by atoms with E-state index in [1.165, 1.54) is 30.5 Å². The average Bonchev–Trinajstić information content (AvgIpc) is 2.82. The molecule has 4 aromatic rings. The summed E-state index contributed by atoms with van der Waals surface area (Å²) in [5, 5.41) is 9.62. The summed E-state index contributed by atoms with van der Waals surface area (Å²) < 4.78 is 16.7. The minimum Gasteiger partial charge on any atom is -0.460 e. The van der Waals surface area contributed by atoms with Crippen LogP contribution < -0.4 is 14.9 Å². The second kappa shape index (κ2) is 9.25. The number of nitrogens with zero attached hydrogens (tertiary/aromatic N) is 1. The van der Waals surface area contributed by atoms with Crippen LogP contribution in [-0.2, 0) is 4.79 Å². The van der Waals surface area contributed by atoms with Gasteiger partial charge in [0.1, 0.15) is 35.0 Å². The van der Waals surface area contributed by atoms with Gasteiger partial charge >= 0.3 is 5.97 Å². The molecule has 4 rings (SSSR count). The zero-order valence-electron chi connectivity index (χ0n) is 18.0. The molecule has 0 amide bonds. The Morgan fingerprint density at radius 1 is 1.00 bits per heavy atom. The molecule has 0 unspecified atom stereocenters. The number of fused-ring (bicyclic) bond motifs is 1. The molecule has 0 saturated heterocycles. The first-order chi connectivity index (χ1) is 15.9. The van der Waals surface area contributed by atoms with E-state index in [1.807, 2.05) is 44.2 Å². The number of esters is 1. The molecular weight excluding hydrogens is 418 g/mol. The Labute approximate surface area is 189 Å². The van der Waals surface area contributed by atoms with Crippen molar-refractivity contribution in [1.29, 1.82) is 5.26 Å². The quantitative estimate of drug-likeness (QED) is 0.172. The highest BCUT2D eigenvalue weighted by atomic mass is 16.5. The van der Waals surface area contributed by atoms with E-state index in [9.17, 15) is 14.9 Å². The molecule has 3 aromatic carbocycles. The van der Waals surface area contributed by atoms with Crippen molar-refractivity contribution in [2.24, 2.45) is 0 Å². The van der Waals surface area contributed by atoms with Crippen LogP contribution in [-0.4, -0.2) is 5.97 Å². The maximum Gasteiger partial charge on any atom is 0.354 e. The third-order valence-corrected chi connectivity index (χ3v) is 4.94. The molecule has 0 fully saturated rings. The Morgan fingerprint density at radius 2 is 1.79 bits per heavy atom. The van der Waals surface area contributed by atoms with Gasteiger partial charge in [-0.15, -0.1) is 0 Å². The van der Waals surface area contributed by atoms with Crippen molar-refractivity contribution in [3.63, 3.8) is 0 Å². The van der Waals surface area contributed by atoms with E-state index in [2.05, 4.69) is 0 Å². The second-order valence-corrected chi connectivity index (χ2v) is 7.43. The first kappa shape index (κ1) is 21.6. The molecular formula is C27H19NO5. The van der Waals surface area contributed by atoms with Crippen molar-refractivity contribution >= 4 is 23.0 Å². The summed E-state index contributed by atoms with van der Waals surface area (Å²) in [5.74, 6) is -0.0362. The van der Waals surface area contributed by atoms with Crippen molar-refractivity contribution in [3.05, 3.63) is 105 Å². The summed E-state index contributed by atoms with van der Waals surface area (Å²) in [7, 11) is 0. The minimum atomic E-state index is -0.807. The van der Waals surface area contributed by atoms with E-state index < -0.39 is 5.97 Å². The SMILES string of the molecule is Cc1ccc(C)c(Oc2coc3cc(OC(=O)/C(C#N)=C/c4ccccc4)ccc3c2=O)c1. The van der Waals surface area contributed by atoms with Crippen LogP contribution in [0.2, 0.25) is 0 Å². The molecule has 0 atom stereocenters. The van der Waals surface area contributed by atoms with Crippen molar-refractivity contribution < 1.29 is 18.7 Å². The molecule has 0 aliphatic carbocycles. The number of hydrogen-bond donors (Lipinski definition) is 0. The molecule has 0 radical (unpaired) electrons. The Kier molecular flexibility index (Phi) is 6.05. The highest BCUT2D eigenvalue weighted by molar-refractivity contribution is 5.99. The van der Waals surface area contributed by atoms with Gasteiger partial charge in [-0.2, -0.15) is 5.26 Å². The number of rotatable bonds is 5. The lowest BCUT2D eigenvalue weighted by molar-refractivity contribution is -0.129. The van der Waals surface area contributed by atoms with E-state index in [-0.39, 0.29) is 33.5 Å². The van der Waals surface area contributed by atoms with Gasteiger partial charge < -0.3 is 13.9 Å². The summed E-state index contributed by atoms with van der Waals surface area (Å²) in [6, 6.07) is 20.9. The predicted molar refractivity (Wildman–Crippen MR) is 124 cm³/mol. The van der Waals surface area contributed by atoms with Crippen LogP contribution in [0.15, 0.2) is 87.8 Å². The van der Waals surface area contributed by atoms with Gasteiger partial charge in [0.15, 0.2) is 0 Å². The third kappa shape index (κ3) is 4.83. The molecule has 6 nitrogen and oxygen atoms in total. The summed E-state index contributed by atoms with van der Waals surface area (Å²) >= 11 is 0. The maximum atomic E-state index is 12.9. The van der Waals surface area contributed by atoms with Crippen molar-refractivity contribution in [2.75, 3.05) is 0 Å². The number of carbonyl (C=O) groups is 1. The molecule has 0 spiro atoms. The van der Waals surface area contributed by atoms with Gasteiger partial charge in [-0.25, -0.2) is 4.79 Å². The molecule has 33 heavy (non-hydrogen) atoms. The van der Waals surface area contributed by atoms with Gasteiger partial charge in [0.05, 0.1) is 5.39 Å². The van der Waals surface area contributed by atoms with Crippen LogP contribution in [0.1, 0.15) is 16.7 Å². The number of hydrogen-bond acceptors (Lipinski definition) is 6. The lowest BCUT2D eigenvalue weighted by Gasteiger charge is -2.09. The van der Waals surface area contributed by atoms with Gasteiger partial charge in [-0.3, -0.25) is 4.79 Å². The fourth-order valence-electron chi connectivity index (χ4n) is 3.18. The molecule has 6 heteroatoms. The van der Waals surface area contributed by atoms with Crippen molar-refractivity contribution in [1.82, 2.24) is 0 Å². The Balaban J connectivity index is 1.59. The number of nitriles is 1. The fourth-order valence-corrected chi connectivity index (χ4v) is 3.18. The van der Waals surface area contributed by atoms with Crippen molar-refractivity contribution in [2.45, 2.75) is 13.8 Å². The Hall–Kier alpha value is -4.63. The third-order valence-electron chi connectivity index (χ3n) is 4.94. The number of ether oxygens (including phenoxy) is 2. The molecule has 0 bridgehead atoms. The van der Waals surface area contributed by atoms with E-state index in [0.717, 1.165) is 11.1 Å². The van der Waals surface area contributed by atoms with Crippen LogP contribution in [0, 0.1) is 25.2 Å². The monoisotopic (exact) mass is 437 g/mol. The highest BCUT2D eigenvalue weighted by Gasteiger charge is 2.15. The van der Waals surface area contributed by atoms with Gasteiger partial charge in [0.25, 0.3) is 0 Å². The zero-order chi connectivity index (χ0) is 23.4. The average molecular weight is 437 g/mol. The standard InChI is InChI=1S/C27H19NO5/c1-17-8-9-18(2)23(12-17)33-25-16-31-24-14-21(10-11-22(24)26(25)29)32-27(30)20(15-28)13-19-6-4-3-5-7-19/h3-14,16H,1-2H3/b20-13+. The highest BCUT2D eigenvalue weighted by Crippen LogP contribution is 2.27. The van der Waals surface area contributed by atoms with Crippen LogP contribution >= 0.6 is 0 Å². The van der Waals surface area contributed by atoms with Gasteiger partial charge in [0.2, 0.25) is 11.2 Å². The molecule has 0 saturated carbocycles. The number of aryl methyl sites for hydroxylation is 2. The smallest absolute Gasteiger partial charge is 0.354 e. The van der Waals surface area contributed by atoms with Crippen LogP contribution in [0.3, 0.4) is 0 Å². The maximum absolute atomic E-state index is 12.9. The minimum absolute atomic E-state index is 0.0542. The van der Waals surface area contributed by atoms with E-state index in [0.29, 0.717) is 11.3 Å². The largest absolute Gasteiger partial charge is 0.460 e. The summed E-state index contributed by atoms with van der Waals surface area (Å²) in [4.78, 5) is 25.3. The first-order valence-corrected chi connectivity index (χ1v) is 10.1. The molecule has 162 valence electrons. The summed E-state index contributed by atoms with van der Waals surface area (Å²) in [6.07, 6.45) is 2.68. The van der Waals surface area contributed by atoms with E-state index in [4.69, 9.17) is 13.9 Å². The topological polar surface area (TPSA) is 89.5 Å². The van der Waals surface area contributed by atoms with E-state index in [1.54, 1.807) is 24.3 Å². The predicted octanol–water partition coefficient (Wildman–Crippen LogP) is 5.71. The first-order valence-electron chi connectivity index (χ1n) is 10.1. The van der Waals surface area contributed by atoms with E-state index >= 15 is 0 Å². The number of benzene rings is 3. The Bertz CT molecular complexity index is 1480.